The Bertz CT molecular complexity index is 385. The van der Waals surface area contributed by atoms with Crippen LogP contribution in [0, 0.1) is 0 Å². The van der Waals surface area contributed by atoms with Crippen molar-refractivity contribution in [3.63, 3.8) is 0 Å². The number of aliphatic imine (C=N–C) groups is 1. The van der Waals surface area contributed by atoms with E-state index in [0.717, 1.165) is 6.54 Å². The third kappa shape index (κ3) is 4.19. The van der Waals surface area contributed by atoms with Crippen LogP contribution in [0.5, 0.6) is 0 Å². The van der Waals surface area contributed by atoms with Crippen molar-refractivity contribution in [1.29, 1.82) is 0 Å². The van der Waals surface area contributed by atoms with Crippen molar-refractivity contribution in [2.45, 2.75) is 26.9 Å². The molecule has 5 heteroatoms. The SMILES string of the molecule is CCN(C)C(=NC(=O)c1cccs1)OC(C)C. The molecule has 1 aromatic heterocycles. The van der Waals surface area contributed by atoms with Gasteiger partial charge in [0.15, 0.2) is 0 Å². The van der Waals surface area contributed by atoms with Gasteiger partial charge >= 0.3 is 0 Å². The number of carbonyl (C=O) groups excluding carboxylic acids is 1. The highest BCUT2D eigenvalue weighted by atomic mass is 32.1. The van der Waals surface area contributed by atoms with Crippen LogP contribution < -0.4 is 0 Å². The fourth-order valence-corrected chi connectivity index (χ4v) is 1.70. The summed E-state index contributed by atoms with van der Waals surface area (Å²) in [5.74, 6) is -0.254. The highest BCUT2D eigenvalue weighted by molar-refractivity contribution is 7.12. The van der Waals surface area contributed by atoms with Gasteiger partial charge < -0.3 is 9.64 Å². The molecule has 0 unspecified atom stereocenters. The monoisotopic (exact) mass is 254 g/mol. The van der Waals surface area contributed by atoms with Crippen molar-refractivity contribution in [2.75, 3.05) is 13.6 Å². The van der Waals surface area contributed by atoms with Gasteiger partial charge in [0.2, 0.25) is 0 Å². The Labute approximate surface area is 106 Å². The molecule has 0 radical (unpaired) electrons. The number of carbonyl (C=O) groups is 1. The van der Waals surface area contributed by atoms with Crippen molar-refractivity contribution in [3.05, 3.63) is 22.4 Å². The van der Waals surface area contributed by atoms with Gasteiger partial charge in [-0.2, -0.15) is 4.99 Å². The lowest BCUT2D eigenvalue weighted by molar-refractivity contribution is 0.0994. The average molecular weight is 254 g/mol. The molecule has 1 amide bonds. The van der Waals surface area contributed by atoms with Crippen LogP contribution in [-0.4, -0.2) is 36.5 Å². The zero-order chi connectivity index (χ0) is 12.8. The molecule has 4 nitrogen and oxygen atoms in total. The van der Waals surface area contributed by atoms with E-state index in [1.807, 2.05) is 44.2 Å². The largest absolute Gasteiger partial charge is 0.462 e. The summed E-state index contributed by atoms with van der Waals surface area (Å²) in [5.41, 5.74) is 0. The topological polar surface area (TPSA) is 41.9 Å². The fraction of sp³-hybridized carbons (Fsp3) is 0.500. The van der Waals surface area contributed by atoms with E-state index in [0.29, 0.717) is 10.9 Å². The molecule has 0 saturated carbocycles. The zero-order valence-electron chi connectivity index (χ0n) is 10.6. The minimum absolute atomic E-state index is 0.00103. The van der Waals surface area contributed by atoms with Crippen LogP contribution in [-0.2, 0) is 4.74 Å². The van der Waals surface area contributed by atoms with E-state index in [2.05, 4.69) is 4.99 Å². The molecule has 1 heterocycles. The molecule has 0 aliphatic heterocycles. The third-order valence-electron chi connectivity index (χ3n) is 2.07. The first-order chi connectivity index (χ1) is 8.04. The van der Waals surface area contributed by atoms with E-state index in [9.17, 15) is 4.79 Å². The molecule has 0 spiro atoms. The number of hydrogen-bond donors (Lipinski definition) is 0. The van der Waals surface area contributed by atoms with Crippen LogP contribution in [0.2, 0.25) is 0 Å². The molecule has 0 N–H and O–H groups in total. The summed E-state index contributed by atoms with van der Waals surface area (Å²) >= 11 is 1.38. The predicted molar refractivity (Wildman–Crippen MR) is 70.6 cm³/mol. The maximum absolute atomic E-state index is 11.8. The Morgan fingerprint density at radius 3 is 2.76 bits per heavy atom. The highest BCUT2D eigenvalue weighted by Gasteiger charge is 2.13. The molecule has 0 fully saturated rings. The Hall–Kier alpha value is -1.36. The number of rotatable bonds is 3. The lowest BCUT2D eigenvalue weighted by atomic mass is 10.4. The molecular formula is C12H18N2O2S. The Balaban J connectivity index is 2.85. The quantitative estimate of drug-likeness (QED) is 0.615. The van der Waals surface area contributed by atoms with E-state index in [1.165, 1.54) is 11.3 Å². The maximum atomic E-state index is 11.8. The van der Waals surface area contributed by atoms with Crippen molar-refractivity contribution < 1.29 is 9.53 Å². The minimum Gasteiger partial charge on any atom is -0.462 e. The zero-order valence-corrected chi connectivity index (χ0v) is 11.5. The van der Waals surface area contributed by atoms with Gasteiger partial charge in [-0.05, 0) is 32.2 Å². The van der Waals surface area contributed by atoms with Gasteiger partial charge in [-0.1, -0.05) is 6.07 Å². The minimum atomic E-state index is -0.254. The van der Waals surface area contributed by atoms with Crippen molar-refractivity contribution in [1.82, 2.24) is 4.90 Å². The van der Waals surface area contributed by atoms with Crippen LogP contribution in [0.3, 0.4) is 0 Å². The van der Waals surface area contributed by atoms with Crippen LogP contribution in [0.15, 0.2) is 22.5 Å². The number of amidine groups is 1. The summed E-state index contributed by atoms with van der Waals surface area (Å²) in [5, 5.41) is 1.86. The third-order valence-corrected chi connectivity index (χ3v) is 2.93. The van der Waals surface area contributed by atoms with Crippen LogP contribution in [0.4, 0.5) is 0 Å². The molecule has 0 atom stereocenters. The second-order valence-corrected chi connectivity index (χ2v) is 4.81. The maximum Gasteiger partial charge on any atom is 0.295 e. The average Bonchev–Trinajstić information content (AvgIpc) is 2.79. The van der Waals surface area contributed by atoms with Gasteiger partial charge in [-0.15, -0.1) is 11.3 Å². The molecule has 0 aromatic carbocycles. The lowest BCUT2D eigenvalue weighted by Gasteiger charge is -2.20. The summed E-state index contributed by atoms with van der Waals surface area (Å²) in [6, 6.07) is 3.97. The van der Waals surface area contributed by atoms with Gasteiger partial charge in [-0.25, -0.2) is 0 Å². The molecule has 17 heavy (non-hydrogen) atoms. The first-order valence-corrected chi connectivity index (χ1v) is 6.46. The predicted octanol–water partition coefficient (Wildman–Crippen LogP) is 2.62. The number of nitrogens with zero attached hydrogens (tertiary/aromatic N) is 2. The van der Waals surface area contributed by atoms with E-state index < -0.39 is 0 Å². The number of thiophene rings is 1. The summed E-state index contributed by atoms with van der Waals surface area (Å²) < 4.78 is 5.53. The molecule has 0 bridgehead atoms. The molecule has 0 aliphatic rings. The van der Waals surface area contributed by atoms with Gasteiger partial charge in [0, 0.05) is 13.6 Å². The Morgan fingerprint density at radius 2 is 2.29 bits per heavy atom. The normalized spacial score (nSPS) is 11.7. The molecular weight excluding hydrogens is 236 g/mol. The molecule has 1 rings (SSSR count). The molecule has 94 valence electrons. The number of ether oxygens (including phenoxy) is 1. The second kappa shape index (κ2) is 6.39. The van der Waals surface area contributed by atoms with Crippen LogP contribution >= 0.6 is 11.3 Å². The lowest BCUT2D eigenvalue weighted by Crippen LogP contribution is -2.31. The summed E-state index contributed by atoms with van der Waals surface area (Å²) in [6.07, 6.45) is -0.00103. The van der Waals surface area contributed by atoms with E-state index in [1.54, 1.807) is 6.07 Å². The standard InChI is InChI=1S/C12H18N2O2S/c1-5-14(4)12(16-9(2)3)13-11(15)10-7-6-8-17-10/h6-9H,5H2,1-4H3. The second-order valence-electron chi connectivity index (χ2n) is 3.86. The van der Waals surface area contributed by atoms with Crippen molar-refractivity contribution in [2.24, 2.45) is 4.99 Å². The number of amides is 1. The van der Waals surface area contributed by atoms with Gasteiger partial charge in [0.25, 0.3) is 11.9 Å². The Morgan fingerprint density at radius 1 is 1.59 bits per heavy atom. The van der Waals surface area contributed by atoms with Gasteiger partial charge in [-0.3, -0.25) is 4.79 Å². The van der Waals surface area contributed by atoms with Gasteiger partial charge in [0.05, 0.1) is 11.0 Å². The van der Waals surface area contributed by atoms with E-state index in [4.69, 9.17) is 4.74 Å². The summed E-state index contributed by atoms with van der Waals surface area (Å²) in [4.78, 5) is 18.3. The smallest absolute Gasteiger partial charge is 0.295 e. The number of hydrogen-bond acceptors (Lipinski definition) is 3. The highest BCUT2D eigenvalue weighted by Crippen LogP contribution is 2.10. The summed E-state index contributed by atoms with van der Waals surface area (Å²) in [7, 11) is 1.85. The van der Waals surface area contributed by atoms with E-state index in [-0.39, 0.29) is 12.0 Å². The molecule has 1 aromatic rings. The fourth-order valence-electron chi connectivity index (χ4n) is 1.09. The van der Waals surface area contributed by atoms with Crippen LogP contribution in [0.25, 0.3) is 0 Å². The van der Waals surface area contributed by atoms with Crippen molar-refractivity contribution in [3.8, 4) is 0 Å². The summed E-state index contributed by atoms with van der Waals surface area (Å²) in [6.45, 7) is 6.54. The van der Waals surface area contributed by atoms with E-state index >= 15 is 0 Å². The van der Waals surface area contributed by atoms with Crippen molar-refractivity contribution >= 4 is 23.3 Å². The molecule has 0 aliphatic carbocycles. The van der Waals surface area contributed by atoms with Crippen LogP contribution in [0.1, 0.15) is 30.4 Å². The Kier molecular flexibility index (Phi) is 5.15. The van der Waals surface area contributed by atoms with Gasteiger partial charge in [0.1, 0.15) is 0 Å². The first-order valence-electron chi connectivity index (χ1n) is 5.59. The first kappa shape index (κ1) is 13.7. The molecule has 0 saturated heterocycles.